The quantitative estimate of drug-likeness (QED) is 0.560. The number of carbonyl (C=O) groups is 1. The smallest absolute Gasteiger partial charge is 0.339 e. The van der Waals surface area contributed by atoms with E-state index >= 15 is 0 Å². The van der Waals surface area contributed by atoms with E-state index in [1.54, 1.807) is 35.2 Å². The van der Waals surface area contributed by atoms with Crippen LogP contribution in [0, 0.1) is 5.92 Å². The number of carbonyl (C=O) groups excluding carboxylic acids is 1. The molecule has 0 heterocycles. The second kappa shape index (κ2) is 9.91. The Morgan fingerprint density at radius 1 is 1.06 bits per heavy atom. The molecule has 0 unspecified atom stereocenters. The zero-order chi connectivity index (χ0) is 22.4. The summed E-state index contributed by atoms with van der Waals surface area (Å²) in [5, 5.41) is 2.83. The summed E-state index contributed by atoms with van der Waals surface area (Å²) in [6.45, 7) is 3.41. The molecule has 1 aliphatic carbocycles. The summed E-state index contributed by atoms with van der Waals surface area (Å²) < 4.78 is 41.3. The molecule has 168 valence electrons. The molecule has 31 heavy (non-hydrogen) atoms. The Hall–Kier alpha value is -2.94. The lowest BCUT2D eigenvalue weighted by molar-refractivity contribution is 0.193. The second-order valence-corrected chi connectivity index (χ2v) is 8.90. The predicted molar refractivity (Wildman–Crippen MR) is 116 cm³/mol. The number of amides is 2. The molecule has 0 aromatic heterocycles. The number of hydrogen-bond acceptors (Lipinski definition) is 6. The van der Waals surface area contributed by atoms with E-state index in [4.69, 9.17) is 13.7 Å². The molecule has 0 radical (unpaired) electrons. The topological polar surface area (TPSA) is 94.2 Å². The molecule has 9 heteroatoms. The van der Waals surface area contributed by atoms with Crippen molar-refractivity contribution in [2.75, 3.05) is 27.3 Å². The second-order valence-electron chi connectivity index (χ2n) is 7.36. The highest BCUT2D eigenvalue weighted by Gasteiger charge is 2.27. The van der Waals surface area contributed by atoms with Crippen LogP contribution in [0.25, 0.3) is 0 Å². The number of hydrogen-bond donors (Lipinski definition) is 1. The Morgan fingerprint density at radius 2 is 1.77 bits per heavy atom. The zero-order valence-corrected chi connectivity index (χ0v) is 18.8. The van der Waals surface area contributed by atoms with Crippen molar-refractivity contribution >= 4 is 16.1 Å². The summed E-state index contributed by atoms with van der Waals surface area (Å²) in [5.41, 5.74) is 0.743. The molecule has 0 aliphatic heterocycles. The van der Waals surface area contributed by atoms with E-state index in [9.17, 15) is 13.2 Å². The number of urea groups is 1. The number of methoxy groups -OCH3 is 2. The van der Waals surface area contributed by atoms with Crippen LogP contribution in [-0.4, -0.2) is 46.7 Å². The van der Waals surface area contributed by atoms with Gasteiger partial charge in [0.2, 0.25) is 0 Å². The van der Waals surface area contributed by atoms with Crippen LogP contribution >= 0.6 is 0 Å². The summed E-state index contributed by atoms with van der Waals surface area (Å²) in [4.78, 5) is 14.2. The van der Waals surface area contributed by atoms with E-state index in [0.717, 1.165) is 18.4 Å². The minimum Gasteiger partial charge on any atom is -0.497 e. The van der Waals surface area contributed by atoms with Crippen LogP contribution in [0.15, 0.2) is 47.4 Å². The Labute approximate surface area is 183 Å². The van der Waals surface area contributed by atoms with Gasteiger partial charge < -0.3 is 23.9 Å². The van der Waals surface area contributed by atoms with Crippen molar-refractivity contribution in [2.24, 2.45) is 5.92 Å². The first kappa shape index (κ1) is 22.7. The standard InChI is InChI=1S/C22H28N2O6S/c1-4-23-22(25)24(14-16-5-6-16)15-17-7-12-20(29-3)21(13-17)30-31(26,27)19-10-8-18(28-2)9-11-19/h7-13,16H,4-6,14-15H2,1-3H3,(H,23,25). The van der Waals surface area contributed by atoms with Crippen molar-refractivity contribution in [3.05, 3.63) is 48.0 Å². The number of nitrogens with one attached hydrogen (secondary N) is 1. The molecule has 1 N–H and O–H groups in total. The van der Waals surface area contributed by atoms with Crippen LogP contribution in [0.5, 0.6) is 17.2 Å². The zero-order valence-electron chi connectivity index (χ0n) is 18.0. The minimum atomic E-state index is -4.08. The lowest BCUT2D eigenvalue weighted by Crippen LogP contribution is -2.40. The summed E-state index contributed by atoms with van der Waals surface area (Å²) in [6.07, 6.45) is 2.24. The minimum absolute atomic E-state index is 0.00144. The van der Waals surface area contributed by atoms with Gasteiger partial charge in [0.15, 0.2) is 11.5 Å². The first-order valence-corrected chi connectivity index (χ1v) is 11.5. The Balaban J connectivity index is 1.82. The largest absolute Gasteiger partial charge is 0.497 e. The molecule has 3 rings (SSSR count). The molecule has 2 aromatic carbocycles. The molecule has 0 bridgehead atoms. The van der Waals surface area contributed by atoms with Gasteiger partial charge in [-0.1, -0.05) is 6.07 Å². The summed E-state index contributed by atoms with van der Waals surface area (Å²) in [5.74, 6) is 1.41. The number of rotatable bonds is 10. The summed E-state index contributed by atoms with van der Waals surface area (Å²) in [6, 6.07) is 10.8. The van der Waals surface area contributed by atoms with E-state index in [0.29, 0.717) is 31.3 Å². The molecule has 1 fully saturated rings. The average molecular weight is 449 g/mol. The SMILES string of the molecule is CCNC(=O)N(Cc1ccc(OC)c(OS(=O)(=O)c2ccc(OC)cc2)c1)CC1CC1. The molecule has 0 atom stereocenters. The van der Waals surface area contributed by atoms with Gasteiger partial charge >= 0.3 is 16.1 Å². The van der Waals surface area contributed by atoms with Crippen molar-refractivity contribution in [3.8, 4) is 17.2 Å². The fourth-order valence-corrected chi connectivity index (χ4v) is 4.04. The molecule has 0 spiro atoms. The van der Waals surface area contributed by atoms with Crippen LogP contribution in [0.4, 0.5) is 4.79 Å². The third kappa shape index (κ3) is 6.04. The van der Waals surface area contributed by atoms with Crippen molar-refractivity contribution in [1.29, 1.82) is 0 Å². The van der Waals surface area contributed by atoms with E-state index in [1.165, 1.54) is 26.4 Å². The van der Waals surface area contributed by atoms with Gasteiger partial charge in [0.05, 0.1) is 14.2 Å². The van der Waals surface area contributed by atoms with Gasteiger partial charge in [0, 0.05) is 19.6 Å². The molecule has 8 nitrogen and oxygen atoms in total. The molecule has 0 saturated heterocycles. The van der Waals surface area contributed by atoms with Crippen molar-refractivity contribution < 1.29 is 26.9 Å². The highest BCUT2D eigenvalue weighted by atomic mass is 32.2. The van der Waals surface area contributed by atoms with Crippen molar-refractivity contribution in [3.63, 3.8) is 0 Å². The average Bonchev–Trinajstić information content (AvgIpc) is 3.57. The lowest BCUT2D eigenvalue weighted by atomic mass is 10.2. The van der Waals surface area contributed by atoms with Gasteiger partial charge in [-0.05, 0) is 67.6 Å². The molecule has 2 amide bonds. The maximum atomic E-state index is 12.8. The fraction of sp³-hybridized carbons (Fsp3) is 0.409. The summed E-state index contributed by atoms with van der Waals surface area (Å²) in [7, 11) is -1.13. The van der Waals surface area contributed by atoms with E-state index in [2.05, 4.69) is 5.32 Å². The van der Waals surface area contributed by atoms with Crippen LogP contribution in [0.3, 0.4) is 0 Å². The highest BCUT2D eigenvalue weighted by Crippen LogP contribution is 2.33. The maximum absolute atomic E-state index is 12.8. The van der Waals surface area contributed by atoms with E-state index in [1.807, 2.05) is 6.92 Å². The molecular formula is C22H28N2O6S. The fourth-order valence-electron chi connectivity index (χ4n) is 3.11. The van der Waals surface area contributed by atoms with Crippen LogP contribution < -0.4 is 19.0 Å². The molecular weight excluding hydrogens is 420 g/mol. The van der Waals surface area contributed by atoms with E-state index in [-0.39, 0.29) is 22.4 Å². The van der Waals surface area contributed by atoms with Gasteiger partial charge in [0.25, 0.3) is 0 Å². The van der Waals surface area contributed by atoms with Gasteiger partial charge in [-0.15, -0.1) is 0 Å². The van der Waals surface area contributed by atoms with E-state index < -0.39 is 10.1 Å². The third-order valence-corrected chi connectivity index (χ3v) is 6.19. The summed E-state index contributed by atoms with van der Waals surface area (Å²) >= 11 is 0. The highest BCUT2D eigenvalue weighted by molar-refractivity contribution is 7.87. The van der Waals surface area contributed by atoms with Crippen LogP contribution in [0.1, 0.15) is 25.3 Å². The van der Waals surface area contributed by atoms with Gasteiger partial charge in [-0.3, -0.25) is 0 Å². The first-order chi connectivity index (χ1) is 14.9. The predicted octanol–water partition coefficient (Wildman–Crippen LogP) is 3.41. The number of benzene rings is 2. The maximum Gasteiger partial charge on any atom is 0.339 e. The molecule has 1 saturated carbocycles. The molecule has 2 aromatic rings. The van der Waals surface area contributed by atoms with Gasteiger partial charge in [0.1, 0.15) is 10.6 Å². The molecule has 1 aliphatic rings. The number of ether oxygens (including phenoxy) is 2. The van der Waals surface area contributed by atoms with Gasteiger partial charge in [-0.25, -0.2) is 4.79 Å². The Kier molecular flexibility index (Phi) is 7.27. The number of nitrogens with zero attached hydrogens (tertiary/aromatic N) is 1. The van der Waals surface area contributed by atoms with Crippen molar-refractivity contribution in [2.45, 2.75) is 31.2 Å². The lowest BCUT2D eigenvalue weighted by Gasteiger charge is -2.23. The Morgan fingerprint density at radius 3 is 2.35 bits per heavy atom. The Bertz CT molecular complexity index is 1000. The van der Waals surface area contributed by atoms with Crippen molar-refractivity contribution in [1.82, 2.24) is 10.2 Å². The van der Waals surface area contributed by atoms with Crippen LogP contribution in [-0.2, 0) is 16.7 Å². The monoisotopic (exact) mass is 448 g/mol. The first-order valence-electron chi connectivity index (χ1n) is 10.1. The normalized spacial score (nSPS) is 13.4. The van der Waals surface area contributed by atoms with Gasteiger partial charge in [-0.2, -0.15) is 8.42 Å². The third-order valence-electron chi connectivity index (χ3n) is 4.94. The van der Waals surface area contributed by atoms with Crippen LogP contribution in [0.2, 0.25) is 0 Å².